The zero-order valence-corrected chi connectivity index (χ0v) is 11.4. The van der Waals surface area contributed by atoms with Crippen molar-refractivity contribution in [2.75, 3.05) is 5.32 Å². The Balaban J connectivity index is 2.08. The summed E-state index contributed by atoms with van der Waals surface area (Å²) in [6, 6.07) is 9.84. The van der Waals surface area contributed by atoms with Gasteiger partial charge in [0.2, 0.25) is 0 Å². The second-order valence-corrected chi connectivity index (χ2v) is 4.76. The lowest BCUT2D eigenvalue weighted by atomic mass is 10.1. The zero-order chi connectivity index (χ0) is 14.1. The Kier molecular flexibility index (Phi) is 3.08. The third-order valence-electron chi connectivity index (χ3n) is 3.09. The first-order valence-corrected chi connectivity index (χ1v) is 6.44. The van der Waals surface area contributed by atoms with Crippen molar-refractivity contribution in [3.63, 3.8) is 0 Å². The normalized spacial score (nSPS) is 12.6. The molecule has 0 saturated carbocycles. The van der Waals surface area contributed by atoms with Gasteiger partial charge in [0.15, 0.2) is 0 Å². The quantitative estimate of drug-likeness (QED) is 0.761. The van der Waals surface area contributed by atoms with Crippen LogP contribution >= 0.6 is 0 Å². The minimum absolute atomic E-state index is 0.0483. The first-order chi connectivity index (χ1) is 9.65. The van der Waals surface area contributed by atoms with Crippen LogP contribution in [0.3, 0.4) is 0 Å². The molecule has 20 heavy (non-hydrogen) atoms. The lowest BCUT2D eigenvalue weighted by molar-refractivity contribution is 0.819. The number of hydrogen-bond donors (Lipinski definition) is 2. The zero-order valence-electron chi connectivity index (χ0n) is 11.4. The molecule has 0 aliphatic heterocycles. The largest absolute Gasteiger partial charge is 0.340 e. The summed E-state index contributed by atoms with van der Waals surface area (Å²) in [4.78, 5) is 8.44. The van der Waals surface area contributed by atoms with Gasteiger partial charge in [-0.05, 0) is 25.5 Å². The van der Waals surface area contributed by atoms with Crippen LogP contribution in [0.5, 0.6) is 0 Å². The Morgan fingerprint density at radius 1 is 1.30 bits per heavy atom. The summed E-state index contributed by atoms with van der Waals surface area (Å²) in [6.07, 6.45) is 1.49. The summed E-state index contributed by atoms with van der Waals surface area (Å²) < 4.78 is 1.67. The summed E-state index contributed by atoms with van der Waals surface area (Å²) >= 11 is 0. The third-order valence-corrected chi connectivity index (χ3v) is 3.09. The van der Waals surface area contributed by atoms with E-state index in [0.29, 0.717) is 5.78 Å². The van der Waals surface area contributed by atoms with E-state index in [2.05, 4.69) is 20.4 Å². The van der Waals surface area contributed by atoms with Crippen LogP contribution in [0.25, 0.3) is 5.78 Å². The molecule has 0 radical (unpaired) electrons. The van der Waals surface area contributed by atoms with Gasteiger partial charge in [-0.3, -0.25) is 0 Å². The van der Waals surface area contributed by atoms with Gasteiger partial charge in [-0.15, -0.1) is 0 Å². The van der Waals surface area contributed by atoms with Crippen molar-refractivity contribution in [1.82, 2.24) is 19.6 Å². The van der Waals surface area contributed by atoms with Crippen LogP contribution < -0.4 is 11.1 Å². The molecule has 3 rings (SSSR count). The third kappa shape index (κ3) is 2.21. The summed E-state index contributed by atoms with van der Waals surface area (Å²) in [7, 11) is 0. The van der Waals surface area contributed by atoms with Crippen LogP contribution in [-0.2, 0) is 0 Å². The number of fused-ring (bicyclic) bond motifs is 1. The molecule has 0 aliphatic rings. The van der Waals surface area contributed by atoms with Crippen LogP contribution in [0.2, 0.25) is 0 Å². The van der Waals surface area contributed by atoms with Crippen LogP contribution in [0.15, 0.2) is 36.7 Å². The summed E-state index contributed by atoms with van der Waals surface area (Å²) in [6.45, 7) is 3.89. The molecule has 6 heteroatoms. The highest BCUT2D eigenvalue weighted by molar-refractivity contribution is 5.63. The number of aromatic nitrogens is 4. The van der Waals surface area contributed by atoms with Gasteiger partial charge in [0.1, 0.15) is 12.1 Å². The van der Waals surface area contributed by atoms with Crippen molar-refractivity contribution < 1.29 is 0 Å². The van der Waals surface area contributed by atoms with E-state index in [0.717, 1.165) is 22.8 Å². The molecule has 0 spiro atoms. The monoisotopic (exact) mass is 268 g/mol. The topological polar surface area (TPSA) is 81.1 Å². The lowest BCUT2D eigenvalue weighted by Gasteiger charge is -2.15. The fourth-order valence-corrected chi connectivity index (χ4v) is 2.17. The van der Waals surface area contributed by atoms with Gasteiger partial charge in [-0.1, -0.05) is 18.2 Å². The lowest BCUT2D eigenvalue weighted by Crippen LogP contribution is -2.09. The minimum atomic E-state index is -0.0483. The van der Waals surface area contributed by atoms with Crippen molar-refractivity contribution in [2.24, 2.45) is 5.73 Å². The smallest absolute Gasteiger partial charge is 0.254 e. The molecule has 3 N–H and O–H groups in total. The fraction of sp³-hybridized carbons (Fsp3) is 0.214. The standard InChI is InChI=1S/C14H16N6/c1-9-7-13(20-14(18-9)16-8-17-20)19-12-6-4-3-5-11(12)10(2)15/h3-8,10,19H,15H2,1-2H3. The molecule has 2 heterocycles. The maximum absolute atomic E-state index is 6.00. The number of nitrogens with one attached hydrogen (secondary N) is 1. The Morgan fingerprint density at radius 3 is 2.90 bits per heavy atom. The van der Waals surface area contributed by atoms with Crippen LogP contribution in [0, 0.1) is 6.92 Å². The molecule has 2 aromatic heterocycles. The molecule has 1 aromatic carbocycles. The van der Waals surface area contributed by atoms with Gasteiger partial charge in [0.25, 0.3) is 5.78 Å². The van der Waals surface area contributed by atoms with E-state index in [9.17, 15) is 0 Å². The predicted molar refractivity (Wildman–Crippen MR) is 77.8 cm³/mol. The summed E-state index contributed by atoms with van der Waals surface area (Å²) in [5.41, 5.74) is 8.90. The van der Waals surface area contributed by atoms with Crippen LogP contribution in [0.4, 0.5) is 11.5 Å². The average molecular weight is 268 g/mol. The van der Waals surface area contributed by atoms with Gasteiger partial charge in [0, 0.05) is 23.5 Å². The van der Waals surface area contributed by atoms with E-state index in [-0.39, 0.29) is 6.04 Å². The second-order valence-electron chi connectivity index (χ2n) is 4.76. The SMILES string of the molecule is Cc1cc(Nc2ccccc2C(C)N)n2ncnc2n1. The molecule has 0 bridgehead atoms. The number of aryl methyl sites for hydroxylation is 1. The number of hydrogen-bond acceptors (Lipinski definition) is 5. The van der Waals surface area contributed by atoms with E-state index in [4.69, 9.17) is 5.73 Å². The van der Waals surface area contributed by atoms with Crippen molar-refractivity contribution in [3.05, 3.63) is 47.9 Å². The first kappa shape index (κ1) is 12.6. The molecule has 1 unspecified atom stereocenters. The minimum Gasteiger partial charge on any atom is -0.340 e. The Hall–Kier alpha value is -2.47. The van der Waals surface area contributed by atoms with E-state index in [1.54, 1.807) is 4.52 Å². The molecule has 6 nitrogen and oxygen atoms in total. The maximum Gasteiger partial charge on any atom is 0.254 e. The number of nitrogens with zero attached hydrogens (tertiary/aromatic N) is 4. The Labute approximate surface area is 116 Å². The van der Waals surface area contributed by atoms with Gasteiger partial charge in [-0.25, -0.2) is 4.98 Å². The van der Waals surface area contributed by atoms with E-state index in [1.165, 1.54) is 6.33 Å². The molecule has 0 aliphatic carbocycles. The summed E-state index contributed by atoms with van der Waals surface area (Å²) in [5.74, 6) is 1.39. The molecule has 0 amide bonds. The molecular formula is C14H16N6. The number of rotatable bonds is 3. The molecule has 0 fully saturated rings. The Bertz CT molecular complexity index is 746. The predicted octanol–water partition coefficient (Wildman–Crippen LogP) is 2.20. The highest BCUT2D eigenvalue weighted by Crippen LogP contribution is 2.24. The van der Waals surface area contributed by atoms with Gasteiger partial charge >= 0.3 is 0 Å². The van der Waals surface area contributed by atoms with Gasteiger partial charge < -0.3 is 11.1 Å². The highest BCUT2D eigenvalue weighted by Gasteiger charge is 2.10. The molecule has 3 aromatic rings. The molecule has 1 atom stereocenters. The highest BCUT2D eigenvalue weighted by atomic mass is 15.3. The van der Waals surface area contributed by atoms with Gasteiger partial charge in [-0.2, -0.15) is 14.6 Å². The molecular weight excluding hydrogens is 252 g/mol. The summed E-state index contributed by atoms with van der Waals surface area (Å²) in [5, 5.41) is 7.54. The average Bonchev–Trinajstić information content (AvgIpc) is 2.87. The van der Waals surface area contributed by atoms with Crippen molar-refractivity contribution in [1.29, 1.82) is 0 Å². The van der Waals surface area contributed by atoms with Crippen LogP contribution in [0.1, 0.15) is 24.2 Å². The Morgan fingerprint density at radius 2 is 2.10 bits per heavy atom. The number of para-hydroxylation sites is 1. The van der Waals surface area contributed by atoms with Crippen molar-refractivity contribution in [2.45, 2.75) is 19.9 Å². The molecule has 0 saturated heterocycles. The van der Waals surface area contributed by atoms with Gasteiger partial charge in [0.05, 0.1) is 0 Å². The van der Waals surface area contributed by atoms with Crippen LogP contribution in [-0.4, -0.2) is 19.6 Å². The van der Waals surface area contributed by atoms with Crippen molar-refractivity contribution >= 4 is 17.3 Å². The maximum atomic E-state index is 6.00. The second kappa shape index (κ2) is 4.90. The van der Waals surface area contributed by atoms with E-state index < -0.39 is 0 Å². The number of benzene rings is 1. The molecule has 102 valence electrons. The fourth-order valence-electron chi connectivity index (χ4n) is 2.17. The van der Waals surface area contributed by atoms with Crippen molar-refractivity contribution in [3.8, 4) is 0 Å². The van der Waals surface area contributed by atoms with E-state index >= 15 is 0 Å². The van der Waals surface area contributed by atoms with E-state index in [1.807, 2.05) is 44.2 Å². The number of anilines is 2. The number of nitrogens with two attached hydrogens (primary N) is 1. The first-order valence-electron chi connectivity index (χ1n) is 6.44.